The fourth-order valence-corrected chi connectivity index (χ4v) is 2.33. The molecule has 1 heterocycles. The molecule has 1 aromatic carbocycles. The molecular weight excluding hydrogens is 242 g/mol. The third-order valence-corrected chi connectivity index (χ3v) is 3.53. The molecule has 0 amide bonds. The predicted molar refractivity (Wildman–Crippen MR) is 76.5 cm³/mol. The first kappa shape index (κ1) is 13.7. The van der Waals surface area contributed by atoms with Gasteiger partial charge in [0.1, 0.15) is 0 Å². The molecule has 19 heavy (non-hydrogen) atoms. The maximum Gasteiger partial charge on any atom is 0.340 e. The quantitative estimate of drug-likeness (QED) is 0.642. The molecule has 0 saturated carbocycles. The van der Waals surface area contributed by atoms with Gasteiger partial charge in [0.15, 0.2) is 0 Å². The fraction of sp³-hybridized carbons (Fsp3) is 0.500. The molecule has 1 aliphatic rings. The number of carbonyl (C=O) groups is 1. The van der Waals surface area contributed by atoms with Crippen LogP contribution in [-0.4, -0.2) is 51.2 Å². The lowest BCUT2D eigenvalue weighted by molar-refractivity contribution is 0.0602. The molecule has 0 unspecified atom stereocenters. The Bertz CT molecular complexity index is 462. The number of likely N-dealkylation sites (N-methyl/N-ethyl adjacent to an activating group) is 1. The number of hydrogen-bond acceptors (Lipinski definition) is 5. The van der Waals surface area contributed by atoms with Crippen LogP contribution in [0.2, 0.25) is 0 Å². The van der Waals surface area contributed by atoms with Crippen LogP contribution in [0.25, 0.3) is 0 Å². The van der Waals surface area contributed by atoms with E-state index in [1.54, 1.807) is 6.07 Å². The number of nitrogens with zero attached hydrogens (tertiary/aromatic N) is 2. The van der Waals surface area contributed by atoms with E-state index in [4.69, 9.17) is 10.5 Å². The molecule has 1 aromatic rings. The lowest BCUT2D eigenvalue weighted by Crippen LogP contribution is -2.28. The van der Waals surface area contributed by atoms with Crippen LogP contribution in [0.15, 0.2) is 18.2 Å². The lowest BCUT2D eigenvalue weighted by atomic mass is 10.1. The molecular formula is C14H21N3O2. The Morgan fingerprint density at radius 1 is 1.26 bits per heavy atom. The third-order valence-electron chi connectivity index (χ3n) is 3.53. The second-order valence-corrected chi connectivity index (χ2v) is 4.91. The van der Waals surface area contributed by atoms with Crippen LogP contribution in [0.3, 0.4) is 0 Å². The van der Waals surface area contributed by atoms with Crippen LogP contribution < -0.4 is 10.6 Å². The van der Waals surface area contributed by atoms with E-state index in [9.17, 15) is 4.79 Å². The van der Waals surface area contributed by atoms with E-state index in [1.807, 2.05) is 12.1 Å². The van der Waals surface area contributed by atoms with Crippen LogP contribution in [0.1, 0.15) is 16.8 Å². The van der Waals surface area contributed by atoms with Gasteiger partial charge in [-0.25, -0.2) is 4.79 Å². The molecule has 1 aliphatic heterocycles. The summed E-state index contributed by atoms with van der Waals surface area (Å²) in [6, 6.07) is 5.57. The number of nitrogens with two attached hydrogens (primary N) is 1. The molecule has 5 nitrogen and oxygen atoms in total. The van der Waals surface area contributed by atoms with Crippen LogP contribution in [0, 0.1) is 0 Å². The fourth-order valence-electron chi connectivity index (χ4n) is 2.33. The summed E-state index contributed by atoms with van der Waals surface area (Å²) < 4.78 is 4.76. The highest BCUT2D eigenvalue weighted by Gasteiger charge is 2.16. The van der Waals surface area contributed by atoms with E-state index < -0.39 is 0 Å². The van der Waals surface area contributed by atoms with Gasteiger partial charge in [-0.3, -0.25) is 0 Å². The van der Waals surface area contributed by atoms with Crippen molar-refractivity contribution in [3.8, 4) is 0 Å². The maximum absolute atomic E-state index is 11.7. The van der Waals surface area contributed by atoms with Gasteiger partial charge in [0.25, 0.3) is 0 Å². The van der Waals surface area contributed by atoms with Gasteiger partial charge in [-0.05, 0) is 38.2 Å². The number of carbonyl (C=O) groups excluding carboxylic acids is 1. The Hall–Kier alpha value is -1.75. The molecule has 0 atom stereocenters. The normalized spacial score (nSPS) is 17.1. The van der Waals surface area contributed by atoms with Crippen LogP contribution in [0.4, 0.5) is 11.4 Å². The highest BCUT2D eigenvalue weighted by atomic mass is 16.5. The number of rotatable bonds is 2. The van der Waals surface area contributed by atoms with Gasteiger partial charge in [0.2, 0.25) is 0 Å². The number of nitrogen functional groups attached to an aromatic ring is 1. The minimum absolute atomic E-state index is 0.383. The second-order valence-electron chi connectivity index (χ2n) is 4.91. The predicted octanol–water partition coefficient (Wildman–Crippen LogP) is 1.20. The number of anilines is 2. The molecule has 0 aliphatic carbocycles. The molecule has 2 N–H and O–H groups in total. The Morgan fingerprint density at radius 2 is 2.05 bits per heavy atom. The largest absolute Gasteiger partial charge is 0.465 e. The van der Waals surface area contributed by atoms with Gasteiger partial charge in [0.05, 0.1) is 12.7 Å². The van der Waals surface area contributed by atoms with Crippen molar-refractivity contribution in [3.05, 3.63) is 23.8 Å². The van der Waals surface area contributed by atoms with E-state index in [0.717, 1.165) is 38.3 Å². The molecule has 1 fully saturated rings. The van der Waals surface area contributed by atoms with Gasteiger partial charge in [-0.2, -0.15) is 0 Å². The van der Waals surface area contributed by atoms with Gasteiger partial charge in [-0.15, -0.1) is 0 Å². The average molecular weight is 263 g/mol. The average Bonchev–Trinajstić information content (AvgIpc) is 2.63. The van der Waals surface area contributed by atoms with Gasteiger partial charge in [0, 0.05) is 31.0 Å². The summed E-state index contributed by atoms with van der Waals surface area (Å²) >= 11 is 0. The maximum atomic E-state index is 11.7. The SMILES string of the molecule is COC(=O)c1cc(N2CCCN(C)CC2)ccc1N. The third kappa shape index (κ3) is 3.17. The summed E-state index contributed by atoms with van der Waals surface area (Å²) in [5, 5.41) is 0. The van der Waals surface area contributed by atoms with Crippen molar-refractivity contribution in [2.24, 2.45) is 0 Å². The molecule has 104 valence electrons. The minimum Gasteiger partial charge on any atom is -0.465 e. The lowest BCUT2D eigenvalue weighted by Gasteiger charge is -2.23. The molecule has 0 radical (unpaired) electrons. The highest BCUT2D eigenvalue weighted by Crippen LogP contribution is 2.23. The number of methoxy groups -OCH3 is 1. The Balaban J connectivity index is 2.22. The first-order valence-electron chi connectivity index (χ1n) is 6.53. The zero-order valence-corrected chi connectivity index (χ0v) is 11.6. The summed E-state index contributed by atoms with van der Waals surface area (Å²) in [4.78, 5) is 16.3. The summed E-state index contributed by atoms with van der Waals surface area (Å²) in [5.74, 6) is -0.383. The molecule has 1 saturated heterocycles. The first-order valence-corrected chi connectivity index (χ1v) is 6.53. The zero-order chi connectivity index (χ0) is 13.8. The summed E-state index contributed by atoms with van der Waals surface area (Å²) in [6.45, 7) is 4.09. The van der Waals surface area contributed by atoms with Crippen molar-refractivity contribution in [1.82, 2.24) is 4.90 Å². The van der Waals surface area contributed by atoms with Gasteiger partial charge >= 0.3 is 5.97 Å². The molecule has 0 spiro atoms. The Morgan fingerprint density at radius 3 is 2.79 bits per heavy atom. The van der Waals surface area contributed by atoms with E-state index in [2.05, 4.69) is 16.8 Å². The van der Waals surface area contributed by atoms with Crippen LogP contribution >= 0.6 is 0 Å². The van der Waals surface area contributed by atoms with Crippen molar-refractivity contribution in [2.45, 2.75) is 6.42 Å². The zero-order valence-electron chi connectivity index (χ0n) is 11.6. The smallest absolute Gasteiger partial charge is 0.340 e. The summed E-state index contributed by atoms with van der Waals surface area (Å²) in [5.41, 5.74) is 7.76. The first-order chi connectivity index (χ1) is 9.11. The van der Waals surface area contributed by atoms with E-state index >= 15 is 0 Å². The molecule has 2 rings (SSSR count). The minimum atomic E-state index is -0.383. The van der Waals surface area contributed by atoms with Crippen molar-refractivity contribution in [1.29, 1.82) is 0 Å². The molecule has 0 bridgehead atoms. The van der Waals surface area contributed by atoms with E-state index in [-0.39, 0.29) is 5.97 Å². The summed E-state index contributed by atoms with van der Waals surface area (Å²) in [7, 11) is 3.50. The van der Waals surface area contributed by atoms with E-state index in [1.165, 1.54) is 7.11 Å². The summed E-state index contributed by atoms with van der Waals surface area (Å²) in [6.07, 6.45) is 1.12. The number of ether oxygens (including phenoxy) is 1. The van der Waals surface area contributed by atoms with Gasteiger partial charge in [-0.1, -0.05) is 0 Å². The Labute approximate surface area is 113 Å². The number of hydrogen-bond donors (Lipinski definition) is 1. The van der Waals surface area contributed by atoms with Crippen molar-refractivity contribution in [3.63, 3.8) is 0 Å². The number of benzene rings is 1. The monoisotopic (exact) mass is 263 g/mol. The number of esters is 1. The van der Waals surface area contributed by atoms with Crippen molar-refractivity contribution in [2.75, 3.05) is 51.0 Å². The van der Waals surface area contributed by atoms with E-state index in [0.29, 0.717) is 11.3 Å². The highest BCUT2D eigenvalue weighted by molar-refractivity contribution is 5.96. The molecule has 5 heteroatoms. The van der Waals surface area contributed by atoms with Crippen molar-refractivity contribution < 1.29 is 9.53 Å². The Kier molecular flexibility index (Phi) is 4.27. The van der Waals surface area contributed by atoms with Crippen molar-refractivity contribution >= 4 is 17.3 Å². The standard InChI is InChI=1S/C14H21N3O2/c1-16-6-3-7-17(9-8-16)11-4-5-13(15)12(10-11)14(18)19-2/h4-5,10H,3,6-9,15H2,1-2H3. The van der Waals surface area contributed by atoms with Crippen LogP contribution in [-0.2, 0) is 4.74 Å². The molecule has 0 aromatic heterocycles. The topological polar surface area (TPSA) is 58.8 Å². The second kappa shape index (κ2) is 5.93. The van der Waals surface area contributed by atoms with Gasteiger partial charge < -0.3 is 20.3 Å². The van der Waals surface area contributed by atoms with Crippen LogP contribution in [0.5, 0.6) is 0 Å².